The van der Waals surface area contributed by atoms with Crippen LogP contribution in [-0.2, 0) is 4.74 Å². The van der Waals surface area contributed by atoms with E-state index in [4.69, 9.17) is 22.1 Å². The van der Waals surface area contributed by atoms with E-state index in [1.807, 2.05) is 24.3 Å². The van der Waals surface area contributed by atoms with Crippen LogP contribution in [0.5, 0.6) is 0 Å². The third kappa shape index (κ3) is 2.63. The predicted molar refractivity (Wildman–Crippen MR) is 71.8 cm³/mol. The highest BCUT2D eigenvalue weighted by atomic mass is 35.5. The summed E-state index contributed by atoms with van der Waals surface area (Å²) in [6.07, 6.45) is 2.06. The van der Waals surface area contributed by atoms with Gasteiger partial charge in [0, 0.05) is 11.6 Å². The van der Waals surface area contributed by atoms with Crippen LogP contribution in [0.15, 0.2) is 24.3 Å². The number of benzene rings is 1. The van der Waals surface area contributed by atoms with Crippen molar-refractivity contribution in [2.45, 2.75) is 25.0 Å². The van der Waals surface area contributed by atoms with Crippen molar-refractivity contribution in [2.24, 2.45) is 5.73 Å². The summed E-state index contributed by atoms with van der Waals surface area (Å²) in [5.41, 5.74) is 7.08. The molecule has 2 atom stereocenters. The molecule has 0 saturated carbocycles. The van der Waals surface area contributed by atoms with Crippen molar-refractivity contribution in [3.8, 4) is 0 Å². The number of halogens is 1. The number of H-pyrrole nitrogens is 1. The number of aromatic nitrogens is 3. The van der Waals surface area contributed by atoms with Gasteiger partial charge in [-0.2, -0.15) is 5.10 Å². The average molecular weight is 279 g/mol. The molecule has 0 unspecified atom stereocenters. The monoisotopic (exact) mass is 278 g/mol. The molecular weight excluding hydrogens is 264 g/mol. The first-order chi connectivity index (χ1) is 9.24. The van der Waals surface area contributed by atoms with E-state index in [9.17, 15) is 0 Å². The average Bonchev–Trinajstić information content (AvgIpc) is 3.10. The van der Waals surface area contributed by atoms with Crippen LogP contribution in [-0.4, -0.2) is 21.8 Å². The quantitative estimate of drug-likeness (QED) is 0.903. The molecule has 3 N–H and O–H groups in total. The first-order valence-electron chi connectivity index (χ1n) is 6.29. The van der Waals surface area contributed by atoms with Gasteiger partial charge < -0.3 is 10.5 Å². The molecule has 0 spiro atoms. The Balaban J connectivity index is 1.79. The van der Waals surface area contributed by atoms with Gasteiger partial charge in [-0.15, -0.1) is 0 Å². The number of nitrogens with two attached hydrogens (primary N) is 1. The van der Waals surface area contributed by atoms with Gasteiger partial charge in [0.1, 0.15) is 6.10 Å². The van der Waals surface area contributed by atoms with Gasteiger partial charge in [0.25, 0.3) is 0 Å². The van der Waals surface area contributed by atoms with Gasteiger partial charge in [0.2, 0.25) is 0 Å². The summed E-state index contributed by atoms with van der Waals surface area (Å²) in [5.74, 6) is 1.34. The largest absolute Gasteiger partial charge is 0.370 e. The summed E-state index contributed by atoms with van der Waals surface area (Å²) in [4.78, 5) is 4.44. The Morgan fingerprint density at radius 2 is 2.16 bits per heavy atom. The third-order valence-electron chi connectivity index (χ3n) is 3.26. The standard InChI is InChI=1S/C13H15ClN4O/c14-9-5-3-8(4-6-9)11(15)13-16-12(17-18-13)10-2-1-7-19-10/h3-6,10-11H,1-2,7,15H2,(H,16,17,18)/t10-,11-/m1/s1. The number of nitrogens with one attached hydrogen (secondary N) is 1. The fourth-order valence-electron chi connectivity index (χ4n) is 2.18. The minimum Gasteiger partial charge on any atom is -0.370 e. The molecule has 1 aliphatic rings. The minimum atomic E-state index is -0.358. The summed E-state index contributed by atoms with van der Waals surface area (Å²) in [7, 11) is 0. The predicted octanol–water partition coefficient (Wildman–Crippen LogP) is 2.36. The summed E-state index contributed by atoms with van der Waals surface area (Å²) >= 11 is 5.86. The Kier molecular flexibility index (Phi) is 3.50. The molecule has 0 bridgehead atoms. The molecule has 1 fully saturated rings. The topological polar surface area (TPSA) is 76.8 Å². The van der Waals surface area contributed by atoms with Crippen LogP contribution in [0.25, 0.3) is 0 Å². The smallest absolute Gasteiger partial charge is 0.171 e. The number of rotatable bonds is 3. The van der Waals surface area contributed by atoms with Gasteiger partial charge >= 0.3 is 0 Å². The van der Waals surface area contributed by atoms with Crippen molar-refractivity contribution < 1.29 is 4.74 Å². The van der Waals surface area contributed by atoms with Crippen LogP contribution in [0.4, 0.5) is 0 Å². The van der Waals surface area contributed by atoms with E-state index in [-0.39, 0.29) is 12.1 Å². The lowest BCUT2D eigenvalue weighted by Crippen LogP contribution is -2.13. The van der Waals surface area contributed by atoms with E-state index in [2.05, 4.69) is 15.2 Å². The fraction of sp³-hybridized carbons (Fsp3) is 0.385. The van der Waals surface area contributed by atoms with Crippen LogP contribution in [0.2, 0.25) is 5.02 Å². The van der Waals surface area contributed by atoms with Gasteiger partial charge in [-0.05, 0) is 30.5 Å². The molecule has 19 heavy (non-hydrogen) atoms. The van der Waals surface area contributed by atoms with Crippen molar-refractivity contribution in [2.75, 3.05) is 6.61 Å². The van der Waals surface area contributed by atoms with Gasteiger partial charge in [-0.1, -0.05) is 23.7 Å². The molecular formula is C13H15ClN4O. The van der Waals surface area contributed by atoms with E-state index in [1.54, 1.807) is 0 Å². The van der Waals surface area contributed by atoms with E-state index in [1.165, 1.54) is 0 Å². The lowest BCUT2D eigenvalue weighted by molar-refractivity contribution is 0.105. The molecule has 1 aliphatic heterocycles. The van der Waals surface area contributed by atoms with Crippen molar-refractivity contribution in [1.29, 1.82) is 0 Å². The Morgan fingerprint density at radius 1 is 1.37 bits per heavy atom. The molecule has 2 aromatic rings. The summed E-state index contributed by atoms with van der Waals surface area (Å²) < 4.78 is 5.56. The molecule has 100 valence electrons. The van der Waals surface area contributed by atoms with Crippen LogP contribution in [0.1, 0.15) is 42.2 Å². The normalized spacial score (nSPS) is 20.6. The summed E-state index contributed by atoms with van der Waals surface area (Å²) in [6.45, 7) is 0.782. The Morgan fingerprint density at radius 3 is 2.84 bits per heavy atom. The zero-order valence-electron chi connectivity index (χ0n) is 10.3. The number of nitrogens with zero attached hydrogens (tertiary/aromatic N) is 2. The lowest BCUT2D eigenvalue weighted by Gasteiger charge is -2.08. The Labute approximate surface area is 116 Å². The molecule has 5 nitrogen and oxygen atoms in total. The zero-order valence-corrected chi connectivity index (χ0v) is 11.1. The van der Waals surface area contributed by atoms with Crippen molar-refractivity contribution in [3.63, 3.8) is 0 Å². The molecule has 6 heteroatoms. The molecule has 2 heterocycles. The second-order valence-corrected chi connectivity index (χ2v) is 5.05. The van der Waals surface area contributed by atoms with Crippen molar-refractivity contribution >= 4 is 11.6 Å². The Hall–Kier alpha value is -1.43. The zero-order chi connectivity index (χ0) is 13.2. The molecule has 0 amide bonds. The van der Waals surface area contributed by atoms with Crippen LogP contribution >= 0.6 is 11.6 Å². The summed E-state index contributed by atoms with van der Waals surface area (Å²) in [6, 6.07) is 7.03. The first-order valence-corrected chi connectivity index (χ1v) is 6.66. The third-order valence-corrected chi connectivity index (χ3v) is 3.51. The molecule has 1 saturated heterocycles. The number of hydrogen-bond donors (Lipinski definition) is 2. The molecule has 0 radical (unpaired) electrons. The van der Waals surface area contributed by atoms with Gasteiger partial charge in [-0.3, -0.25) is 5.10 Å². The maximum absolute atomic E-state index is 6.15. The number of ether oxygens (including phenoxy) is 1. The highest BCUT2D eigenvalue weighted by Crippen LogP contribution is 2.27. The van der Waals surface area contributed by atoms with E-state index in [0.717, 1.165) is 30.8 Å². The second kappa shape index (κ2) is 5.28. The minimum absolute atomic E-state index is 0.0265. The van der Waals surface area contributed by atoms with Crippen LogP contribution in [0, 0.1) is 0 Å². The van der Waals surface area contributed by atoms with Crippen molar-refractivity contribution in [1.82, 2.24) is 15.2 Å². The maximum atomic E-state index is 6.15. The molecule has 1 aromatic carbocycles. The molecule has 0 aliphatic carbocycles. The number of hydrogen-bond acceptors (Lipinski definition) is 4. The van der Waals surface area contributed by atoms with E-state index in [0.29, 0.717) is 10.8 Å². The second-order valence-electron chi connectivity index (χ2n) is 4.61. The lowest BCUT2D eigenvalue weighted by atomic mass is 10.1. The van der Waals surface area contributed by atoms with E-state index >= 15 is 0 Å². The molecule has 1 aromatic heterocycles. The summed E-state index contributed by atoms with van der Waals surface area (Å²) in [5, 5.41) is 7.79. The van der Waals surface area contributed by atoms with Crippen LogP contribution < -0.4 is 5.73 Å². The highest BCUT2D eigenvalue weighted by Gasteiger charge is 2.23. The first kappa shape index (κ1) is 12.6. The Bertz CT molecular complexity index is 548. The molecule has 3 rings (SSSR count). The fourth-order valence-corrected chi connectivity index (χ4v) is 2.31. The van der Waals surface area contributed by atoms with Gasteiger partial charge in [0.05, 0.1) is 6.04 Å². The van der Waals surface area contributed by atoms with Gasteiger partial charge in [0.15, 0.2) is 11.6 Å². The SMILES string of the molecule is N[C@H](c1ccc(Cl)cc1)c1n[nH]c([C@H]2CCCO2)n1. The van der Waals surface area contributed by atoms with E-state index < -0.39 is 0 Å². The van der Waals surface area contributed by atoms with Crippen molar-refractivity contribution in [3.05, 3.63) is 46.5 Å². The van der Waals surface area contributed by atoms with Gasteiger partial charge in [-0.25, -0.2) is 4.98 Å². The van der Waals surface area contributed by atoms with Crippen LogP contribution in [0.3, 0.4) is 0 Å². The maximum Gasteiger partial charge on any atom is 0.171 e. The highest BCUT2D eigenvalue weighted by molar-refractivity contribution is 6.30. The number of aromatic amines is 1.